The van der Waals surface area contributed by atoms with Crippen molar-refractivity contribution in [2.75, 3.05) is 5.75 Å². The van der Waals surface area contributed by atoms with Gasteiger partial charge < -0.3 is 0 Å². The molecule has 122 valence electrons. The van der Waals surface area contributed by atoms with Crippen LogP contribution in [0.2, 0.25) is 0 Å². The maximum absolute atomic E-state index is 13.7. The zero-order chi connectivity index (χ0) is 16.8. The number of rotatable bonds is 3. The van der Waals surface area contributed by atoms with Gasteiger partial charge in [0, 0.05) is 10.6 Å². The van der Waals surface area contributed by atoms with Crippen molar-refractivity contribution in [2.45, 2.75) is 35.3 Å². The van der Waals surface area contributed by atoms with E-state index < -0.39 is 20.5 Å². The van der Waals surface area contributed by atoms with E-state index in [1.54, 1.807) is 37.3 Å². The van der Waals surface area contributed by atoms with Crippen molar-refractivity contribution in [1.29, 1.82) is 4.78 Å². The largest absolute Gasteiger partial charge is 0.254 e. The van der Waals surface area contributed by atoms with E-state index in [-0.39, 0.29) is 11.1 Å². The fraction of sp³-hybridized carbons (Fsp3) is 0.294. The molecule has 1 heterocycles. The van der Waals surface area contributed by atoms with E-state index in [1.807, 2.05) is 6.92 Å². The fourth-order valence-corrected chi connectivity index (χ4v) is 5.90. The predicted molar refractivity (Wildman–Crippen MR) is 90.1 cm³/mol. The van der Waals surface area contributed by atoms with E-state index >= 15 is 0 Å². The molecule has 0 bridgehead atoms. The summed E-state index contributed by atoms with van der Waals surface area (Å²) in [6.45, 7) is 3.51. The average Bonchev–Trinajstić information content (AvgIpc) is 2.83. The number of halogens is 1. The highest BCUT2D eigenvalue weighted by Crippen LogP contribution is 2.32. The van der Waals surface area contributed by atoms with Crippen molar-refractivity contribution >= 4 is 20.5 Å². The van der Waals surface area contributed by atoms with Crippen LogP contribution in [-0.2, 0) is 26.9 Å². The monoisotopic (exact) mass is 351 g/mol. The molecule has 2 aromatic rings. The Morgan fingerprint density at radius 3 is 2.78 bits per heavy atom. The molecule has 0 saturated carbocycles. The van der Waals surface area contributed by atoms with Gasteiger partial charge in [-0.3, -0.25) is 4.21 Å². The van der Waals surface area contributed by atoms with E-state index in [4.69, 9.17) is 4.78 Å². The summed E-state index contributed by atoms with van der Waals surface area (Å²) in [5, 5.41) is -0.342. The van der Waals surface area contributed by atoms with Crippen molar-refractivity contribution in [1.82, 2.24) is 0 Å². The maximum Gasteiger partial charge on any atom is 0.126 e. The summed E-state index contributed by atoms with van der Waals surface area (Å²) < 4.78 is 46.5. The van der Waals surface area contributed by atoms with Gasteiger partial charge in [0.1, 0.15) is 5.82 Å². The van der Waals surface area contributed by atoms with Crippen LogP contribution < -0.4 is 0 Å². The molecular weight excluding hydrogens is 333 g/mol. The Kier molecular flexibility index (Phi) is 4.14. The molecule has 1 N–H and O–H groups in total. The Hall–Kier alpha value is -1.53. The molecule has 2 aromatic carbocycles. The molecule has 3 nitrogen and oxygen atoms in total. The van der Waals surface area contributed by atoms with Gasteiger partial charge in [-0.15, -0.1) is 0 Å². The second-order valence-electron chi connectivity index (χ2n) is 5.79. The Morgan fingerprint density at radius 2 is 2.04 bits per heavy atom. The quantitative estimate of drug-likeness (QED) is 0.910. The maximum atomic E-state index is 13.7. The molecule has 1 aliphatic heterocycles. The van der Waals surface area contributed by atoms with Crippen LogP contribution in [0.5, 0.6) is 0 Å². The van der Waals surface area contributed by atoms with E-state index in [0.29, 0.717) is 27.5 Å². The SMILES string of the molecule is Cc1c(F)cccc1C(C)S(=O)c1ccc2c(c1)CCS2(=N)=O. The molecule has 0 amide bonds. The van der Waals surface area contributed by atoms with E-state index in [2.05, 4.69) is 0 Å². The summed E-state index contributed by atoms with van der Waals surface area (Å²) in [6.07, 6.45) is 0.579. The normalized spacial score (nSPS) is 22.6. The van der Waals surface area contributed by atoms with Crippen LogP contribution in [0.25, 0.3) is 0 Å². The van der Waals surface area contributed by atoms with Crippen molar-refractivity contribution in [3.63, 3.8) is 0 Å². The summed E-state index contributed by atoms with van der Waals surface area (Å²) in [4.78, 5) is 1.20. The highest BCUT2D eigenvalue weighted by atomic mass is 32.2. The number of hydrogen-bond acceptors (Lipinski definition) is 3. The molecule has 0 fully saturated rings. The molecule has 1 aliphatic rings. The zero-order valence-corrected chi connectivity index (χ0v) is 14.6. The van der Waals surface area contributed by atoms with Crippen LogP contribution in [0.4, 0.5) is 4.39 Å². The minimum absolute atomic E-state index is 0.297. The lowest BCUT2D eigenvalue weighted by Crippen LogP contribution is -2.06. The lowest BCUT2D eigenvalue weighted by atomic mass is 10.1. The van der Waals surface area contributed by atoms with Gasteiger partial charge in [0.05, 0.1) is 30.7 Å². The number of fused-ring (bicyclic) bond motifs is 1. The summed E-state index contributed by atoms with van der Waals surface area (Å²) in [5.41, 5.74) is 2.09. The molecule has 23 heavy (non-hydrogen) atoms. The highest BCUT2D eigenvalue weighted by molar-refractivity contribution is 7.92. The van der Waals surface area contributed by atoms with E-state index in [9.17, 15) is 12.8 Å². The second kappa shape index (κ2) is 5.83. The third kappa shape index (κ3) is 2.85. The summed E-state index contributed by atoms with van der Waals surface area (Å²) in [6, 6.07) is 9.95. The van der Waals surface area contributed by atoms with Crippen LogP contribution in [0.15, 0.2) is 46.2 Å². The lowest BCUT2D eigenvalue weighted by Gasteiger charge is -2.15. The van der Waals surface area contributed by atoms with Crippen molar-refractivity contribution in [2.24, 2.45) is 0 Å². The number of benzene rings is 2. The lowest BCUT2D eigenvalue weighted by molar-refractivity contribution is 0.614. The minimum atomic E-state index is -2.68. The van der Waals surface area contributed by atoms with Crippen LogP contribution in [0, 0.1) is 17.5 Å². The van der Waals surface area contributed by atoms with Gasteiger partial charge in [-0.2, -0.15) is 0 Å². The van der Waals surface area contributed by atoms with Gasteiger partial charge in [-0.05, 0) is 61.2 Å². The van der Waals surface area contributed by atoms with Gasteiger partial charge in [0.25, 0.3) is 0 Å². The first-order chi connectivity index (χ1) is 10.8. The number of aryl methyl sites for hydroxylation is 1. The van der Waals surface area contributed by atoms with Gasteiger partial charge in [0.15, 0.2) is 0 Å². The smallest absolute Gasteiger partial charge is 0.126 e. The Balaban J connectivity index is 1.97. The third-order valence-corrected chi connectivity index (χ3v) is 7.85. The van der Waals surface area contributed by atoms with E-state index in [1.165, 1.54) is 6.07 Å². The minimum Gasteiger partial charge on any atom is -0.254 e. The van der Waals surface area contributed by atoms with Crippen molar-refractivity contribution in [3.8, 4) is 0 Å². The van der Waals surface area contributed by atoms with E-state index in [0.717, 1.165) is 11.1 Å². The first-order valence-electron chi connectivity index (χ1n) is 7.36. The van der Waals surface area contributed by atoms with Crippen molar-refractivity contribution in [3.05, 3.63) is 58.9 Å². The molecule has 3 unspecified atom stereocenters. The summed E-state index contributed by atoms with van der Waals surface area (Å²) in [5.74, 6) is 0.0333. The van der Waals surface area contributed by atoms with Gasteiger partial charge in [-0.25, -0.2) is 13.4 Å². The third-order valence-electron chi connectivity index (χ3n) is 4.35. The van der Waals surface area contributed by atoms with Crippen LogP contribution >= 0.6 is 0 Å². The van der Waals surface area contributed by atoms with Gasteiger partial charge >= 0.3 is 0 Å². The fourth-order valence-electron chi connectivity index (χ4n) is 2.95. The first-order valence-corrected chi connectivity index (χ1v) is 10.3. The Labute approximate surface area is 138 Å². The molecule has 0 radical (unpaired) electrons. The van der Waals surface area contributed by atoms with Crippen LogP contribution in [0.1, 0.15) is 28.9 Å². The molecule has 0 aliphatic carbocycles. The Bertz CT molecular complexity index is 907. The summed E-state index contributed by atoms with van der Waals surface area (Å²) in [7, 11) is -4.02. The number of hydrogen-bond donors (Lipinski definition) is 1. The van der Waals surface area contributed by atoms with Gasteiger partial charge in [0.2, 0.25) is 0 Å². The molecule has 0 saturated heterocycles. The standard InChI is InChI=1S/C17H18FNO2S2/c1-11-15(4-3-5-16(11)18)12(2)22(20)14-6-7-17-13(10-14)8-9-23(17,19)21/h3-7,10,12,19H,8-9H2,1-2H3. The zero-order valence-electron chi connectivity index (χ0n) is 13.0. The average molecular weight is 351 g/mol. The molecule has 6 heteroatoms. The molecular formula is C17H18FNO2S2. The van der Waals surface area contributed by atoms with Crippen LogP contribution in [0.3, 0.4) is 0 Å². The molecule has 0 spiro atoms. The molecule has 3 rings (SSSR count). The predicted octanol–water partition coefficient (Wildman–Crippen LogP) is 3.96. The Morgan fingerprint density at radius 1 is 1.30 bits per heavy atom. The van der Waals surface area contributed by atoms with Gasteiger partial charge in [-0.1, -0.05) is 12.1 Å². The summed E-state index contributed by atoms with van der Waals surface area (Å²) >= 11 is 0. The highest BCUT2D eigenvalue weighted by Gasteiger charge is 2.25. The van der Waals surface area contributed by atoms with Crippen LogP contribution in [-0.4, -0.2) is 14.2 Å². The first kappa shape index (κ1) is 16.3. The van der Waals surface area contributed by atoms with Crippen molar-refractivity contribution < 1.29 is 12.8 Å². The molecule has 3 atom stereocenters. The molecule has 0 aromatic heterocycles. The topological polar surface area (TPSA) is 58.0 Å². The second-order valence-corrected chi connectivity index (χ2v) is 9.76. The number of nitrogens with one attached hydrogen (secondary N) is 1.